The minimum absolute atomic E-state index is 0.117. The molecule has 1 aromatic carbocycles. The highest BCUT2D eigenvalue weighted by Gasteiger charge is 2.67. The molecule has 0 unspecified atom stereocenters. The largest absolute Gasteiger partial charge is 0.495 e. The number of nitrogens with zero attached hydrogens (tertiary/aromatic N) is 2. The van der Waals surface area contributed by atoms with Gasteiger partial charge in [-0.25, -0.2) is 4.90 Å². The van der Waals surface area contributed by atoms with E-state index < -0.39 is 4.92 Å². The number of nitro groups is 1. The summed E-state index contributed by atoms with van der Waals surface area (Å²) in [5, 5.41) is 11.1. The highest BCUT2D eigenvalue weighted by Crippen LogP contribution is 2.65. The second-order valence-electron chi connectivity index (χ2n) is 7.28. The molecule has 0 N–H and O–H groups in total. The van der Waals surface area contributed by atoms with Crippen molar-refractivity contribution in [3.05, 3.63) is 40.5 Å². The fourth-order valence-electron chi connectivity index (χ4n) is 5.16. The van der Waals surface area contributed by atoms with Crippen molar-refractivity contribution in [2.75, 3.05) is 12.0 Å². The lowest BCUT2D eigenvalue weighted by Gasteiger charge is -2.37. The summed E-state index contributed by atoms with van der Waals surface area (Å²) >= 11 is 0. The first-order chi connectivity index (χ1) is 12.0. The van der Waals surface area contributed by atoms with Gasteiger partial charge in [-0.05, 0) is 36.2 Å². The predicted molar refractivity (Wildman–Crippen MR) is 86.8 cm³/mol. The maximum Gasteiger partial charge on any atom is 0.271 e. The van der Waals surface area contributed by atoms with Crippen molar-refractivity contribution >= 4 is 23.2 Å². The number of carbonyl (C=O) groups excluding carboxylic acids is 2. The van der Waals surface area contributed by atoms with Crippen molar-refractivity contribution < 1.29 is 19.2 Å². The van der Waals surface area contributed by atoms with Gasteiger partial charge < -0.3 is 4.74 Å². The van der Waals surface area contributed by atoms with Gasteiger partial charge in [-0.1, -0.05) is 12.2 Å². The second-order valence-corrected chi connectivity index (χ2v) is 7.28. The Bertz CT molecular complexity index is 827. The summed E-state index contributed by atoms with van der Waals surface area (Å²) in [6.45, 7) is 0. The number of imide groups is 1. The molecule has 1 aliphatic heterocycles. The minimum Gasteiger partial charge on any atom is -0.495 e. The van der Waals surface area contributed by atoms with Crippen LogP contribution in [0.15, 0.2) is 30.4 Å². The van der Waals surface area contributed by atoms with E-state index in [1.165, 1.54) is 25.3 Å². The maximum absolute atomic E-state index is 13.1. The fourth-order valence-corrected chi connectivity index (χ4v) is 5.16. The molecule has 25 heavy (non-hydrogen) atoms. The summed E-state index contributed by atoms with van der Waals surface area (Å²) < 4.78 is 5.26. The Morgan fingerprint density at radius 3 is 2.24 bits per heavy atom. The molecule has 0 spiro atoms. The average Bonchev–Trinajstić information content (AvgIpc) is 3.39. The monoisotopic (exact) mass is 340 g/mol. The predicted octanol–water partition coefficient (Wildman–Crippen LogP) is 2.16. The number of rotatable bonds is 3. The number of hydrogen-bond donors (Lipinski definition) is 0. The van der Waals surface area contributed by atoms with E-state index in [0.29, 0.717) is 11.8 Å². The number of amides is 2. The number of methoxy groups -OCH3 is 1. The van der Waals surface area contributed by atoms with Crippen molar-refractivity contribution in [1.82, 2.24) is 0 Å². The average molecular weight is 340 g/mol. The summed E-state index contributed by atoms with van der Waals surface area (Å²) in [6, 6.07) is 3.99. The van der Waals surface area contributed by atoms with Gasteiger partial charge in [0, 0.05) is 12.1 Å². The third kappa shape index (κ3) is 1.75. The standard InChI is InChI=1S/C18H16N2O5/c1-25-14-5-2-8(20(23)24)6-13(14)19-17(21)15-9-3-4-10(12-7-11(9)12)16(15)18(19)22/h2-6,9-12,15-16H,7H2,1H3/t9-,10-,11-,12-,15-,16+/m1/s1. The lowest BCUT2D eigenvalue weighted by molar-refractivity contribution is -0.384. The molecule has 3 fully saturated rings. The number of ether oxygens (including phenoxy) is 1. The second kappa shape index (κ2) is 4.68. The van der Waals surface area contributed by atoms with Gasteiger partial charge in [0.1, 0.15) is 11.4 Å². The van der Waals surface area contributed by atoms with Gasteiger partial charge in [-0.3, -0.25) is 19.7 Å². The van der Waals surface area contributed by atoms with E-state index in [4.69, 9.17) is 4.74 Å². The summed E-state index contributed by atoms with van der Waals surface area (Å²) in [5.41, 5.74) is 0.00406. The summed E-state index contributed by atoms with van der Waals surface area (Å²) in [5.74, 6) is 0.371. The summed E-state index contributed by atoms with van der Waals surface area (Å²) in [7, 11) is 1.42. The molecule has 6 atom stereocenters. The van der Waals surface area contributed by atoms with Crippen LogP contribution in [0.4, 0.5) is 11.4 Å². The van der Waals surface area contributed by atoms with Gasteiger partial charge in [0.2, 0.25) is 11.8 Å². The van der Waals surface area contributed by atoms with Crippen LogP contribution >= 0.6 is 0 Å². The van der Waals surface area contributed by atoms with Gasteiger partial charge >= 0.3 is 0 Å². The number of allylic oxidation sites excluding steroid dienone is 2. The van der Waals surface area contributed by atoms with Crippen LogP contribution in [0.3, 0.4) is 0 Å². The molecule has 4 aliphatic carbocycles. The molecule has 1 aromatic rings. The molecular formula is C18H16N2O5. The van der Waals surface area contributed by atoms with Crippen LogP contribution in [-0.4, -0.2) is 23.8 Å². The molecule has 128 valence electrons. The third-order valence-electron chi connectivity index (χ3n) is 6.28. The molecule has 1 heterocycles. The smallest absolute Gasteiger partial charge is 0.271 e. The highest BCUT2D eigenvalue weighted by atomic mass is 16.6. The third-order valence-corrected chi connectivity index (χ3v) is 6.28. The number of anilines is 1. The van der Waals surface area contributed by atoms with E-state index in [9.17, 15) is 19.7 Å². The van der Waals surface area contributed by atoms with E-state index in [-0.39, 0.29) is 52.6 Å². The van der Waals surface area contributed by atoms with Crippen molar-refractivity contribution in [2.45, 2.75) is 6.42 Å². The van der Waals surface area contributed by atoms with Gasteiger partial charge in [-0.2, -0.15) is 0 Å². The first-order valence-corrected chi connectivity index (χ1v) is 8.41. The van der Waals surface area contributed by atoms with Crippen LogP contribution in [-0.2, 0) is 9.59 Å². The van der Waals surface area contributed by atoms with Crippen molar-refractivity contribution in [3.8, 4) is 5.75 Å². The van der Waals surface area contributed by atoms with Crippen LogP contribution in [0.1, 0.15) is 6.42 Å². The zero-order valence-corrected chi connectivity index (χ0v) is 13.5. The molecular weight excluding hydrogens is 324 g/mol. The Morgan fingerprint density at radius 2 is 1.72 bits per heavy atom. The molecule has 2 saturated carbocycles. The number of carbonyl (C=O) groups is 2. The van der Waals surface area contributed by atoms with Crippen LogP contribution in [0.25, 0.3) is 0 Å². The zero-order valence-electron chi connectivity index (χ0n) is 13.5. The Balaban J connectivity index is 1.60. The maximum atomic E-state index is 13.1. The van der Waals surface area contributed by atoms with Crippen LogP contribution < -0.4 is 9.64 Å². The summed E-state index contributed by atoms with van der Waals surface area (Å²) in [6.07, 6.45) is 5.29. The lowest BCUT2D eigenvalue weighted by atomic mass is 9.63. The van der Waals surface area contributed by atoms with E-state index in [1.54, 1.807) is 0 Å². The number of nitro benzene ring substituents is 1. The van der Waals surface area contributed by atoms with Crippen molar-refractivity contribution in [2.24, 2.45) is 35.5 Å². The van der Waals surface area contributed by atoms with Gasteiger partial charge in [0.15, 0.2) is 0 Å². The summed E-state index contributed by atoms with van der Waals surface area (Å²) in [4.78, 5) is 37.9. The molecule has 6 rings (SSSR count). The fraction of sp³-hybridized carbons (Fsp3) is 0.444. The molecule has 2 bridgehead atoms. The van der Waals surface area contributed by atoms with E-state index in [1.807, 2.05) is 0 Å². The zero-order chi connectivity index (χ0) is 17.5. The SMILES string of the molecule is COc1ccc([N+](=O)[O-])cc1N1C(=O)[C@@H]2[C@@H]3C=C[C@H]([C@H]4C[C@H]34)[C@@H]2C1=O. The first kappa shape index (κ1) is 14.6. The molecule has 1 saturated heterocycles. The highest BCUT2D eigenvalue weighted by molar-refractivity contribution is 6.23. The Morgan fingerprint density at radius 1 is 1.12 bits per heavy atom. The van der Waals surface area contributed by atoms with E-state index in [2.05, 4.69) is 12.2 Å². The Labute approximate surface area is 143 Å². The van der Waals surface area contributed by atoms with E-state index in [0.717, 1.165) is 11.3 Å². The Hall–Kier alpha value is -2.70. The molecule has 5 aliphatic rings. The molecule has 2 amide bonds. The topological polar surface area (TPSA) is 89.8 Å². The molecule has 7 heteroatoms. The van der Waals surface area contributed by atoms with Gasteiger partial charge in [0.05, 0.1) is 23.9 Å². The van der Waals surface area contributed by atoms with Crippen LogP contribution in [0.2, 0.25) is 0 Å². The minimum atomic E-state index is -0.540. The van der Waals surface area contributed by atoms with Gasteiger partial charge in [-0.15, -0.1) is 0 Å². The van der Waals surface area contributed by atoms with Crippen LogP contribution in [0, 0.1) is 45.6 Å². The normalized spacial score (nSPS) is 37.1. The van der Waals surface area contributed by atoms with E-state index >= 15 is 0 Å². The van der Waals surface area contributed by atoms with Crippen LogP contribution in [0.5, 0.6) is 5.75 Å². The Kier molecular flexibility index (Phi) is 2.74. The number of hydrogen-bond acceptors (Lipinski definition) is 5. The quantitative estimate of drug-likeness (QED) is 0.364. The van der Waals surface area contributed by atoms with Crippen molar-refractivity contribution in [3.63, 3.8) is 0 Å². The molecule has 7 nitrogen and oxygen atoms in total. The number of non-ortho nitro benzene ring substituents is 1. The lowest BCUT2D eigenvalue weighted by Crippen LogP contribution is -2.40. The van der Waals surface area contributed by atoms with Crippen molar-refractivity contribution in [1.29, 1.82) is 0 Å². The number of benzene rings is 1. The van der Waals surface area contributed by atoms with Gasteiger partial charge in [0.25, 0.3) is 5.69 Å². The first-order valence-electron chi connectivity index (χ1n) is 8.41. The molecule has 0 radical (unpaired) electrons. The molecule has 0 aromatic heterocycles.